The molecular formula is C16H11N3O4. The maximum atomic E-state index is 11.9. The van der Waals surface area contributed by atoms with Crippen molar-refractivity contribution < 1.29 is 19.1 Å². The first kappa shape index (κ1) is 14.5. The highest BCUT2D eigenvalue weighted by molar-refractivity contribution is 5.91. The van der Waals surface area contributed by atoms with Gasteiger partial charge in [0, 0.05) is 0 Å². The van der Waals surface area contributed by atoms with Crippen LogP contribution < -0.4 is 9.47 Å². The number of ether oxygens (including phenoxy) is 2. The van der Waals surface area contributed by atoms with Gasteiger partial charge in [-0.3, -0.25) is 5.10 Å². The third-order valence-corrected chi connectivity index (χ3v) is 2.77. The van der Waals surface area contributed by atoms with Crippen molar-refractivity contribution in [3.05, 3.63) is 72.3 Å². The average Bonchev–Trinajstić information content (AvgIpc) is 3.07. The second kappa shape index (κ2) is 6.52. The first-order valence-electron chi connectivity index (χ1n) is 6.69. The predicted octanol–water partition coefficient (Wildman–Crippen LogP) is 2.24. The van der Waals surface area contributed by atoms with Crippen LogP contribution in [0.4, 0.5) is 0 Å². The Bertz CT molecular complexity index is 748. The van der Waals surface area contributed by atoms with E-state index in [4.69, 9.17) is 9.47 Å². The van der Waals surface area contributed by atoms with Gasteiger partial charge in [0.25, 0.3) is 5.82 Å². The van der Waals surface area contributed by atoms with Crippen molar-refractivity contribution in [1.29, 1.82) is 0 Å². The monoisotopic (exact) mass is 309 g/mol. The molecule has 0 amide bonds. The molecule has 3 aromatic rings. The first-order chi connectivity index (χ1) is 11.2. The molecule has 114 valence electrons. The number of aromatic amines is 1. The fourth-order valence-corrected chi connectivity index (χ4v) is 1.73. The van der Waals surface area contributed by atoms with E-state index >= 15 is 0 Å². The molecule has 3 rings (SSSR count). The molecule has 0 aliphatic heterocycles. The van der Waals surface area contributed by atoms with Crippen molar-refractivity contribution >= 4 is 11.9 Å². The Morgan fingerprint density at radius 3 is 1.87 bits per heavy atom. The number of para-hydroxylation sites is 2. The number of nitrogens with zero attached hydrogens (tertiary/aromatic N) is 2. The van der Waals surface area contributed by atoms with Crippen molar-refractivity contribution in [2.75, 3.05) is 0 Å². The molecule has 0 fully saturated rings. The van der Waals surface area contributed by atoms with Gasteiger partial charge in [-0.05, 0) is 24.3 Å². The molecule has 0 aliphatic rings. The molecule has 7 nitrogen and oxygen atoms in total. The molecule has 23 heavy (non-hydrogen) atoms. The van der Waals surface area contributed by atoms with E-state index in [1.807, 2.05) is 0 Å². The van der Waals surface area contributed by atoms with E-state index < -0.39 is 11.9 Å². The van der Waals surface area contributed by atoms with Gasteiger partial charge >= 0.3 is 11.9 Å². The molecule has 0 saturated heterocycles. The highest BCUT2D eigenvalue weighted by Gasteiger charge is 2.20. The van der Waals surface area contributed by atoms with Crippen molar-refractivity contribution in [2.24, 2.45) is 0 Å². The van der Waals surface area contributed by atoms with Crippen LogP contribution >= 0.6 is 0 Å². The topological polar surface area (TPSA) is 94.2 Å². The molecule has 0 bridgehead atoms. The summed E-state index contributed by atoms with van der Waals surface area (Å²) < 4.78 is 10.2. The first-order valence-corrected chi connectivity index (χ1v) is 6.69. The van der Waals surface area contributed by atoms with Crippen LogP contribution in [0, 0.1) is 0 Å². The van der Waals surface area contributed by atoms with Crippen LogP contribution in [0.3, 0.4) is 0 Å². The Hall–Kier alpha value is -3.48. The number of rotatable bonds is 4. The number of H-pyrrole nitrogens is 1. The van der Waals surface area contributed by atoms with Crippen LogP contribution in [0.2, 0.25) is 0 Å². The summed E-state index contributed by atoms with van der Waals surface area (Å²) in [5.74, 6) is -1.24. The summed E-state index contributed by atoms with van der Waals surface area (Å²) >= 11 is 0. The standard InChI is InChI=1S/C16H11N3O4/c20-15(22-11-7-3-1-4-8-11)13-17-14(19-18-13)16(21)23-12-9-5-2-6-10-12/h1-10H,(H,17,18,19). The Kier molecular flexibility index (Phi) is 4.10. The summed E-state index contributed by atoms with van der Waals surface area (Å²) in [5, 5.41) is 6.02. The minimum absolute atomic E-state index is 0.186. The minimum Gasteiger partial charge on any atom is -0.421 e. The van der Waals surface area contributed by atoms with Gasteiger partial charge in [0.05, 0.1) is 0 Å². The zero-order chi connectivity index (χ0) is 16.1. The van der Waals surface area contributed by atoms with E-state index in [1.54, 1.807) is 60.7 Å². The van der Waals surface area contributed by atoms with Crippen molar-refractivity contribution in [3.8, 4) is 11.5 Å². The number of carbonyl (C=O) groups excluding carboxylic acids is 2. The molecule has 2 aromatic carbocycles. The summed E-state index contributed by atoms with van der Waals surface area (Å²) in [7, 11) is 0. The van der Waals surface area contributed by atoms with Crippen LogP contribution in [0.15, 0.2) is 60.7 Å². The predicted molar refractivity (Wildman–Crippen MR) is 79.2 cm³/mol. The smallest absolute Gasteiger partial charge is 0.383 e. The van der Waals surface area contributed by atoms with Crippen LogP contribution in [0.5, 0.6) is 11.5 Å². The lowest BCUT2D eigenvalue weighted by Crippen LogP contribution is -2.12. The average molecular weight is 309 g/mol. The molecule has 0 atom stereocenters. The highest BCUT2D eigenvalue weighted by atomic mass is 16.5. The Balaban J connectivity index is 1.68. The van der Waals surface area contributed by atoms with Gasteiger partial charge in [-0.15, -0.1) is 5.10 Å². The van der Waals surface area contributed by atoms with E-state index in [1.165, 1.54) is 0 Å². The third-order valence-electron chi connectivity index (χ3n) is 2.77. The summed E-state index contributed by atoms with van der Waals surface area (Å²) in [5.41, 5.74) is 0. The maximum Gasteiger partial charge on any atom is 0.383 e. The Morgan fingerprint density at radius 1 is 0.783 bits per heavy atom. The number of esters is 2. The van der Waals surface area contributed by atoms with Crippen LogP contribution in [-0.4, -0.2) is 27.1 Å². The SMILES string of the molecule is O=C(Oc1ccccc1)c1n[nH]c(C(=O)Oc2ccccc2)n1. The van der Waals surface area contributed by atoms with Gasteiger partial charge in [-0.1, -0.05) is 36.4 Å². The highest BCUT2D eigenvalue weighted by Crippen LogP contribution is 2.12. The number of carbonyl (C=O) groups is 2. The van der Waals surface area contributed by atoms with Crippen molar-refractivity contribution in [1.82, 2.24) is 15.2 Å². The molecule has 0 radical (unpaired) electrons. The number of aromatic nitrogens is 3. The third kappa shape index (κ3) is 3.59. The molecule has 0 spiro atoms. The van der Waals surface area contributed by atoms with Gasteiger partial charge in [-0.25, -0.2) is 9.59 Å². The largest absolute Gasteiger partial charge is 0.421 e. The fraction of sp³-hybridized carbons (Fsp3) is 0. The van der Waals surface area contributed by atoms with Crippen molar-refractivity contribution in [3.63, 3.8) is 0 Å². The second-order valence-electron chi connectivity index (χ2n) is 4.41. The summed E-state index contributed by atoms with van der Waals surface area (Å²) in [6, 6.07) is 17.0. The Morgan fingerprint density at radius 2 is 1.30 bits per heavy atom. The van der Waals surface area contributed by atoms with E-state index in [0.29, 0.717) is 11.5 Å². The van der Waals surface area contributed by atoms with E-state index in [0.717, 1.165) is 0 Å². The molecular weight excluding hydrogens is 298 g/mol. The molecule has 1 N–H and O–H groups in total. The quantitative estimate of drug-likeness (QED) is 0.586. The molecule has 0 saturated carbocycles. The zero-order valence-corrected chi connectivity index (χ0v) is 11.8. The van der Waals surface area contributed by atoms with Gasteiger partial charge in [0.1, 0.15) is 11.5 Å². The molecule has 1 heterocycles. The van der Waals surface area contributed by atoms with Gasteiger partial charge in [0.15, 0.2) is 0 Å². The van der Waals surface area contributed by atoms with Crippen LogP contribution in [0.25, 0.3) is 0 Å². The lowest BCUT2D eigenvalue weighted by molar-refractivity contribution is 0.0722. The lowest BCUT2D eigenvalue weighted by atomic mass is 10.3. The maximum absolute atomic E-state index is 11.9. The number of nitrogens with one attached hydrogen (secondary N) is 1. The summed E-state index contributed by atoms with van der Waals surface area (Å²) in [4.78, 5) is 27.6. The van der Waals surface area contributed by atoms with E-state index in [2.05, 4.69) is 15.2 Å². The van der Waals surface area contributed by atoms with Crippen LogP contribution in [0.1, 0.15) is 21.2 Å². The lowest BCUT2D eigenvalue weighted by Gasteiger charge is -2.00. The van der Waals surface area contributed by atoms with E-state index in [-0.39, 0.29) is 11.6 Å². The normalized spacial score (nSPS) is 10.1. The summed E-state index contributed by atoms with van der Waals surface area (Å²) in [6.07, 6.45) is 0. The number of hydrogen-bond donors (Lipinski definition) is 1. The zero-order valence-electron chi connectivity index (χ0n) is 11.8. The molecule has 1 aromatic heterocycles. The van der Waals surface area contributed by atoms with Crippen molar-refractivity contribution in [2.45, 2.75) is 0 Å². The Labute approximate surface area is 130 Å². The van der Waals surface area contributed by atoms with Gasteiger partial charge < -0.3 is 9.47 Å². The summed E-state index contributed by atoms with van der Waals surface area (Å²) in [6.45, 7) is 0. The van der Waals surface area contributed by atoms with E-state index in [9.17, 15) is 9.59 Å². The van der Waals surface area contributed by atoms with Crippen LogP contribution in [-0.2, 0) is 0 Å². The number of benzene rings is 2. The van der Waals surface area contributed by atoms with Gasteiger partial charge in [-0.2, -0.15) is 4.98 Å². The molecule has 7 heteroatoms. The molecule has 0 unspecified atom stereocenters. The minimum atomic E-state index is -0.772. The van der Waals surface area contributed by atoms with Gasteiger partial charge in [0.2, 0.25) is 5.82 Å². The number of hydrogen-bond acceptors (Lipinski definition) is 6. The second-order valence-corrected chi connectivity index (χ2v) is 4.41. The molecule has 0 aliphatic carbocycles. The fourth-order valence-electron chi connectivity index (χ4n) is 1.73.